The predicted molar refractivity (Wildman–Crippen MR) is 131 cm³/mol. The number of carboxylic acid groups (broad SMARTS) is 1. The van der Waals surface area contributed by atoms with E-state index in [0.29, 0.717) is 13.1 Å². The summed E-state index contributed by atoms with van der Waals surface area (Å²) in [4.78, 5) is 38.9. The van der Waals surface area contributed by atoms with E-state index in [0.717, 1.165) is 19.3 Å². The van der Waals surface area contributed by atoms with Crippen molar-refractivity contribution in [3.05, 3.63) is 59.7 Å². The summed E-state index contributed by atoms with van der Waals surface area (Å²) in [6.45, 7) is 3.29. The van der Waals surface area contributed by atoms with Crippen LogP contribution in [0.2, 0.25) is 0 Å². The van der Waals surface area contributed by atoms with Crippen molar-refractivity contribution in [1.29, 1.82) is 0 Å². The first-order valence-corrected chi connectivity index (χ1v) is 12.5. The van der Waals surface area contributed by atoms with Crippen LogP contribution in [0.15, 0.2) is 48.5 Å². The minimum Gasteiger partial charge on any atom is -0.481 e. The van der Waals surface area contributed by atoms with Gasteiger partial charge in [0.15, 0.2) is 0 Å². The van der Waals surface area contributed by atoms with Gasteiger partial charge in [-0.3, -0.25) is 9.59 Å². The minimum atomic E-state index is -0.840. The SMILES string of the molecule is CC1CN(C(=O)C2CCCC2CNC(=O)OCC2c3ccccc3-c3ccccc32)CC1C(=O)O. The number of amides is 2. The molecule has 2 aliphatic carbocycles. The molecule has 0 spiro atoms. The average Bonchev–Trinajstić information content (AvgIpc) is 3.57. The fraction of sp³-hybridized carbons (Fsp3) is 0.464. The van der Waals surface area contributed by atoms with Crippen molar-refractivity contribution in [2.24, 2.45) is 23.7 Å². The van der Waals surface area contributed by atoms with Crippen LogP contribution in [0.5, 0.6) is 0 Å². The van der Waals surface area contributed by atoms with E-state index in [1.54, 1.807) is 4.90 Å². The number of ether oxygens (including phenoxy) is 1. The Kier molecular flexibility index (Phi) is 6.50. The number of carbonyl (C=O) groups is 3. The van der Waals surface area contributed by atoms with Gasteiger partial charge in [0, 0.05) is 31.5 Å². The Bertz CT molecular complexity index is 1090. The number of aliphatic carboxylic acids is 1. The molecule has 0 aromatic heterocycles. The lowest BCUT2D eigenvalue weighted by atomic mass is 9.94. The van der Waals surface area contributed by atoms with Gasteiger partial charge in [0.25, 0.3) is 0 Å². The van der Waals surface area contributed by atoms with Crippen LogP contribution in [0, 0.1) is 23.7 Å². The van der Waals surface area contributed by atoms with Crippen molar-refractivity contribution in [3.63, 3.8) is 0 Å². The Balaban J connectivity index is 1.15. The second kappa shape index (κ2) is 9.72. The molecule has 0 radical (unpaired) electrons. The van der Waals surface area contributed by atoms with Crippen LogP contribution < -0.4 is 5.32 Å². The average molecular weight is 477 g/mol. The number of fused-ring (bicyclic) bond motifs is 3. The third-order valence-corrected chi connectivity index (χ3v) is 8.07. The van der Waals surface area contributed by atoms with Gasteiger partial charge >= 0.3 is 12.1 Å². The molecular weight excluding hydrogens is 444 g/mol. The molecule has 3 aliphatic rings. The Morgan fingerprint density at radius 2 is 1.63 bits per heavy atom. The fourth-order valence-corrected chi connectivity index (χ4v) is 6.17. The van der Waals surface area contributed by atoms with Crippen LogP contribution in [0.1, 0.15) is 43.2 Å². The molecule has 2 aromatic rings. The summed E-state index contributed by atoms with van der Waals surface area (Å²) in [6.07, 6.45) is 2.11. The smallest absolute Gasteiger partial charge is 0.407 e. The zero-order chi connectivity index (χ0) is 24.5. The Morgan fingerprint density at radius 3 is 2.26 bits per heavy atom. The summed E-state index contributed by atoms with van der Waals surface area (Å²) >= 11 is 0. The van der Waals surface area contributed by atoms with Crippen LogP contribution in [0.4, 0.5) is 4.79 Å². The van der Waals surface area contributed by atoms with Crippen molar-refractivity contribution < 1.29 is 24.2 Å². The molecule has 4 atom stereocenters. The van der Waals surface area contributed by atoms with E-state index in [4.69, 9.17) is 4.74 Å². The molecule has 0 bridgehead atoms. The van der Waals surface area contributed by atoms with E-state index >= 15 is 0 Å². The lowest BCUT2D eigenvalue weighted by Gasteiger charge is -2.25. The van der Waals surface area contributed by atoms with Crippen LogP contribution in [0.3, 0.4) is 0 Å². The lowest BCUT2D eigenvalue weighted by molar-refractivity contribution is -0.142. The van der Waals surface area contributed by atoms with Gasteiger partial charge in [-0.15, -0.1) is 0 Å². The largest absolute Gasteiger partial charge is 0.481 e. The van der Waals surface area contributed by atoms with Crippen molar-refractivity contribution in [3.8, 4) is 11.1 Å². The Labute approximate surface area is 205 Å². The summed E-state index contributed by atoms with van der Waals surface area (Å²) < 4.78 is 5.64. The Hall–Kier alpha value is -3.35. The maximum Gasteiger partial charge on any atom is 0.407 e. The summed E-state index contributed by atoms with van der Waals surface area (Å²) in [7, 11) is 0. The number of hydrogen-bond donors (Lipinski definition) is 2. The molecule has 2 fully saturated rings. The van der Waals surface area contributed by atoms with Gasteiger partial charge in [-0.2, -0.15) is 0 Å². The molecule has 7 nitrogen and oxygen atoms in total. The summed E-state index contributed by atoms with van der Waals surface area (Å²) in [5.74, 6) is -1.49. The number of nitrogens with one attached hydrogen (secondary N) is 1. The molecule has 184 valence electrons. The molecule has 7 heteroatoms. The molecule has 4 unspecified atom stereocenters. The highest BCUT2D eigenvalue weighted by Crippen LogP contribution is 2.44. The third-order valence-electron chi connectivity index (χ3n) is 8.07. The molecule has 2 N–H and O–H groups in total. The summed E-state index contributed by atoms with van der Waals surface area (Å²) in [6, 6.07) is 16.4. The molecule has 2 amide bonds. The highest BCUT2D eigenvalue weighted by atomic mass is 16.5. The molecule has 35 heavy (non-hydrogen) atoms. The monoisotopic (exact) mass is 476 g/mol. The predicted octanol–water partition coefficient (Wildman–Crippen LogP) is 4.12. The van der Waals surface area contributed by atoms with Gasteiger partial charge in [-0.1, -0.05) is 61.9 Å². The first-order valence-electron chi connectivity index (χ1n) is 12.5. The van der Waals surface area contributed by atoms with Crippen molar-refractivity contribution >= 4 is 18.0 Å². The van der Waals surface area contributed by atoms with Gasteiger partial charge < -0.3 is 20.1 Å². The lowest BCUT2D eigenvalue weighted by Crippen LogP contribution is -2.40. The third kappa shape index (κ3) is 4.51. The number of hydrogen-bond acceptors (Lipinski definition) is 4. The van der Waals surface area contributed by atoms with E-state index in [1.807, 2.05) is 31.2 Å². The number of benzene rings is 2. The van der Waals surface area contributed by atoms with Crippen LogP contribution in [0.25, 0.3) is 11.1 Å². The Morgan fingerprint density at radius 1 is 0.971 bits per heavy atom. The first kappa shape index (κ1) is 23.4. The highest BCUT2D eigenvalue weighted by molar-refractivity contribution is 5.82. The van der Waals surface area contributed by atoms with Gasteiger partial charge in [0.1, 0.15) is 6.61 Å². The molecule has 1 saturated heterocycles. The zero-order valence-electron chi connectivity index (χ0n) is 20.0. The minimum absolute atomic E-state index is 0.00768. The molecular formula is C28H32N2O5. The second-order valence-corrected chi connectivity index (χ2v) is 10.2. The van der Waals surface area contributed by atoms with Crippen LogP contribution in [-0.2, 0) is 14.3 Å². The van der Waals surface area contributed by atoms with Crippen molar-refractivity contribution in [2.75, 3.05) is 26.2 Å². The van der Waals surface area contributed by atoms with Gasteiger partial charge in [0.2, 0.25) is 5.91 Å². The maximum atomic E-state index is 13.1. The van der Waals surface area contributed by atoms with Crippen molar-refractivity contribution in [2.45, 2.75) is 32.1 Å². The second-order valence-electron chi connectivity index (χ2n) is 10.2. The van der Waals surface area contributed by atoms with Crippen LogP contribution >= 0.6 is 0 Å². The number of rotatable bonds is 6. The van der Waals surface area contributed by atoms with Crippen LogP contribution in [-0.4, -0.2) is 54.2 Å². The molecule has 1 saturated carbocycles. The van der Waals surface area contributed by atoms with E-state index in [1.165, 1.54) is 22.3 Å². The highest BCUT2D eigenvalue weighted by Gasteiger charge is 2.42. The number of carbonyl (C=O) groups excluding carboxylic acids is 2. The number of carboxylic acids is 1. The van der Waals surface area contributed by atoms with Gasteiger partial charge in [-0.25, -0.2) is 4.79 Å². The normalized spacial score (nSPS) is 25.2. The topological polar surface area (TPSA) is 95.9 Å². The number of alkyl carbamates (subject to hydrolysis) is 1. The quantitative estimate of drug-likeness (QED) is 0.654. The van der Waals surface area contributed by atoms with E-state index < -0.39 is 18.0 Å². The summed E-state index contributed by atoms with van der Waals surface area (Å²) in [5.41, 5.74) is 4.71. The standard InChI is InChI=1S/C28H32N2O5/c1-17-14-30(15-24(17)27(32)33)26(31)19-12-6-7-18(19)13-29-28(34)35-16-25-22-10-4-2-8-20(22)21-9-3-5-11-23(21)25/h2-5,8-11,17-19,24-25H,6-7,12-16H2,1H3,(H,29,34)(H,32,33). The van der Waals surface area contributed by atoms with E-state index in [-0.39, 0.29) is 42.7 Å². The van der Waals surface area contributed by atoms with Gasteiger partial charge in [-0.05, 0) is 46.9 Å². The molecule has 2 aromatic carbocycles. The molecule has 5 rings (SSSR count). The fourth-order valence-electron chi connectivity index (χ4n) is 6.17. The number of nitrogens with zero attached hydrogens (tertiary/aromatic N) is 1. The zero-order valence-corrected chi connectivity index (χ0v) is 20.0. The number of likely N-dealkylation sites (tertiary alicyclic amines) is 1. The molecule has 1 heterocycles. The maximum absolute atomic E-state index is 13.1. The molecule has 1 aliphatic heterocycles. The first-order chi connectivity index (χ1) is 16.9. The van der Waals surface area contributed by atoms with Crippen molar-refractivity contribution in [1.82, 2.24) is 10.2 Å². The van der Waals surface area contributed by atoms with Gasteiger partial charge in [0.05, 0.1) is 5.92 Å². The van der Waals surface area contributed by atoms with E-state index in [9.17, 15) is 19.5 Å². The summed E-state index contributed by atoms with van der Waals surface area (Å²) in [5, 5.41) is 12.3. The van der Waals surface area contributed by atoms with E-state index in [2.05, 4.69) is 29.6 Å².